The van der Waals surface area contributed by atoms with Crippen LogP contribution in [0.5, 0.6) is 0 Å². The number of carboxylic acids is 1. The highest BCUT2D eigenvalue weighted by Crippen LogP contribution is 2.30. The summed E-state index contributed by atoms with van der Waals surface area (Å²) in [6.45, 7) is 5.34. The van der Waals surface area contributed by atoms with E-state index < -0.39 is 23.6 Å². The lowest BCUT2D eigenvalue weighted by Gasteiger charge is -2.28. The van der Waals surface area contributed by atoms with Crippen molar-refractivity contribution in [1.82, 2.24) is 5.32 Å². The Labute approximate surface area is 153 Å². The molecule has 1 saturated carbocycles. The van der Waals surface area contributed by atoms with Crippen molar-refractivity contribution in [2.45, 2.75) is 58.1 Å². The third-order valence-electron chi connectivity index (χ3n) is 4.51. The van der Waals surface area contributed by atoms with E-state index in [-0.39, 0.29) is 17.7 Å². The average molecular weight is 361 g/mol. The van der Waals surface area contributed by atoms with E-state index in [1.807, 2.05) is 6.07 Å². The highest BCUT2D eigenvalue weighted by Gasteiger charge is 2.33. The summed E-state index contributed by atoms with van der Waals surface area (Å²) >= 11 is 0. The Balaban J connectivity index is 2.08. The number of esters is 1. The van der Waals surface area contributed by atoms with Gasteiger partial charge < -0.3 is 15.2 Å². The van der Waals surface area contributed by atoms with E-state index >= 15 is 0 Å². The van der Waals surface area contributed by atoms with Gasteiger partial charge in [0.2, 0.25) is 5.91 Å². The largest absolute Gasteiger partial charge is 0.481 e. The lowest BCUT2D eigenvalue weighted by molar-refractivity contribution is -0.159. The molecule has 0 unspecified atom stereocenters. The molecule has 1 amide bonds. The molecule has 6 heteroatoms. The first-order valence-electron chi connectivity index (χ1n) is 8.98. The van der Waals surface area contributed by atoms with Gasteiger partial charge in [-0.25, -0.2) is 4.79 Å². The van der Waals surface area contributed by atoms with Crippen molar-refractivity contribution in [3.63, 3.8) is 0 Å². The van der Waals surface area contributed by atoms with Crippen LogP contribution in [0, 0.1) is 11.8 Å². The van der Waals surface area contributed by atoms with Gasteiger partial charge in [0.1, 0.15) is 5.60 Å². The SMILES string of the molecule is CC(C)(C)OC(=O)[C@@H](NC(=O)C1CCC(C(=O)O)CC1)c1ccccc1. The van der Waals surface area contributed by atoms with Gasteiger partial charge in [-0.2, -0.15) is 0 Å². The van der Waals surface area contributed by atoms with E-state index in [0.29, 0.717) is 31.2 Å². The standard InChI is InChI=1S/C20H27NO5/c1-20(2,3)26-19(25)16(13-7-5-4-6-8-13)21-17(22)14-9-11-15(12-10-14)18(23)24/h4-8,14-16H,9-12H2,1-3H3,(H,21,22)(H,23,24)/t14?,15?,16-/m0/s1. The number of nitrogens with one attached hydrogen (secondary N) is 1. The molecule has 0 bridgehead atoms. The maximum absolute atomic E-state index is 12.7. The predicted octanol–water partition coefficient (Wildman–Crippen LogP) is 3.08. The van der Waals surface area contributed by atoms with Gasteiger partial charge in [-0.1, -0.05) is 30.3 Å². The van der Waals surface area contributed by atoms with Crippen LogP contribution in [0.25, 0.3) is 0 Å². The topological polar surface area (TPSA) is 92.7 Å². The van der Waals surface area contributed by atoms with Crippen molar-refractivity contribution in [3.8, 4) is 0 Å². The van der Waals surface area contributed by atoms with Crippen LogP contribution in [0.4, 0.5) is 0 Å². The summed E-state index contributed by atoms with van der Waals surface area (Å²) in [7, 11) is 0. The highest BCUT2D eigenvalue weighted by molar-refractivity contribution is 5.87. The summed E-state index contributed by atoms with van der Waals surface area (Å²) in [5.74, 6) is -2.20. The number of hydrogen-bond acceptors (Lipinski definition) is 4. The zero-order valence-electron chi connectivity index (χ0n) is 15.5. The zero-order valence-corrected chi connectivity index (χ0v) is 15.5. The Hall–Kier alpha value is -2.37. The van der Waals surface area contributed by atoms with Crippen molar-refractivity contribution in [3.05, 3.63) is 35.9 Å². The first-order chi connectivity index (χ1) is 12.2. The lowest BCUT2D eigenvalue weighted by Crippen LogP contribution is -2.41. The van der Waals surface area contributed by atoms with Crippen molar-refractivity contribution in [2.75, 3.05) is 0 Å². The van der Waals surface area contributed by atoms with Crippen LogP contribution in [-0.4, -0.2) is 28.6 Å². The van der Waals surface area contributed by atoms with Crippen LogP contribution in [0.15, 0.2) is 30.3 Å². The van der Waals surface area contributed by atoms with Crippen LogP contribution >= 0.6 is 0 Å². The van der Waals surface area contributed by atoms with E-state index in [9.17, 15) is 14.4 Å². The van der Waals surface area contributed by atoms with Gasteiger partial charge in [0, 0.05) is 5.92 Å². The number of rotatable bonds is 5. The molecule has 2 rings (SSSR count). The van der Waals surface area contributed by atoms with E-state index in [0.717, 1.165) is 0 Å². The number of hydrogen-bond donors (Lipinski definition) is 2. The fraction of sp³-hybridized carbons (Fsp3) is 0.550. The summed E-state index contributed by atoms with van der Waals surface area (Å²) in [5, 5.41) is 11.9. The molecule has 0 aromatic heterocycles. The van der Waals surface area contributed by atoms with Crippen molar-refractivity contribution < 1.29 is 24.2 Å². The minimum atomic E-state index is -0.875. The maximum atomic E-state index is 12.7. The lowest BCUT2D eigenvalue weighted by atomic mass is 9.81. The Morgan fingerprint density at radius 3 is 2.08 bits per heavy atom. The van der Waals surface area contributed by atoms with Gasteiger partial charge in [0.05, 0.1) is 5.92 Å². The van der Waals surface area contributed by atoms with E-state index in [2.05, 4.69) is 5.32 Å². The summed E-state index contributed by atoms with van der Waals surface area (Å²) in [6.07, 6.45) is 1.99. The molecule has 0 saturated heterocycles. The molecule has 6 nitrogen and oxygen atoms in total. The molecular formula is C20H27NO5. The van der Waals surface area contributed by atoms with Crippen LogP contribution in [0.1, 0.15) is 58.1 Å². The Bertz CT molecular complexity index is 642. The molecule has 1 aliphatic rings. The van der Waals surface area contributed by atoms with E-state index in [1.54, 1.807) is 45.0 Å². The van der Waals surface area contributed by atoms with Crippen LogP contribution < -0.4 is 5.32 Å². The van der Waals surface area contributed by atoms with Gasteiger partial charge in [-0.15, -0.1) is 0 Å². The molecule has 0 spiro atoms. The van der Waals surface area contributed by atoms with Crippen LogP contribution in [0.2, 0.25) is 0 Å². The number of benzene rings is 1. The molecule has 142 valence electrons. The normalized spacial score (nSPS) is 21.5. The van der Waals surface area contributed by atoms with Crippen LogP contribution in [0.3, 0.4) is 0 Å². The van der Waals surface area contributed by atoms with Crippen molar-refractivity contribution >= 4 is 17.8 Å². The van der Waals surface area contributed by atoms with E-state index in [1.165, 1.54) is 0 Å². The molecular weight excluding hydrogens is 334 g/mol. The molecule has 2 N–H and O–H groups in total. The maximum Gasteiger partial charge on any atom is 0.333 e. The number of carbonyl (C=O) groups excluding carboxylic acids is 2. The number of ether oxygens (including phenoxy) is 1. The minimum Gasteiger partial charge on any atom is -0.481 e. The molecule has 0 radical (unpaired) electrons. The fourth-order valence-electron chi connectivity index (χ4n) is 3.15. The molecule has 0 heterocycles. The summed E-state index contributed by atoms with van der Waals surface area (Å²) in [6, 6.07) is 8.12. The molecule has 26 heavy (non-hydrogen) atoms. The van der Waals surface area contributed by atoms with Gasteiger partial charge in [-0.05, 0) is 52.0 Å². The Morgan fingerprint density at radius 1 is 1.04 bits per heavy atom. The second kappa shape index (κ2) is 8.34. The number of amides is 1. The van der Waals surface area contributed by atoms with E-state index in [4.69, 9.17) is 9.84 Å². The van der Waals surface area contributed by atoms with Gasteiger partial charge in [-0.3, -0.25) is 9.59 Å². The summed E-state index contributed by atoms with van der Waals surface area (Å²) < 4.78 is 5.46. The first-order valence-corrected chi connectivity index (χ1v) is 8.98. The monoisotopic (exact) mass is 361 g/mol. The van der Waals surface area contributed by atoms with Gasteiger partial charge in [0.15, 0.2) is 6.04 Å². The second-order valence-corrected chi connectivity index (χ2v) is 7.77. The Kier molecular flexibility index (Phi) is 6.40. The molecule has 0 aliphatic heterocycles. The van der Waals surface area contributed by atoms with Gasteiger partial charge in [0.25, 0.3) is 0 Å². The van der Waals surface area contributed by atoms with Crippen molar-refractivity contribution in [2.24, 2.45) is 11.8 Å². The first kappa shape index (κ1) is 19.9. The predicted molar refractivity (Wildman–Crippen MR) is 96.3 cm³/mol. The molecule has 1 atom stereocenters. The second-order valence-electron chi connectivity index (χ2n) is 7.77. The quantitative estimate of drug-likeness (QED) is 0.786. The number of carbonyl (C=O) groups is 3. The third-order valence-corrected chi connectivity index (χ3v) is 4.51. The van der Waals surface area contributed by atoms with Gasteiger partial charge >= 0.3 is 11.9 Å². The molecule has 1 aromatic rings. The molecule has 1 aromatic carbocycles. The number of aliphatic carboxylic acids is 1. The average Bonchev–Trinajstić information content (AvgIpc) is 2.58. The smallest absolute Gasteiger partial charge is 0.333 e. The fourth-order valence-corrected chi connectivity index (χ4v) is 3.15. The summed E-state index contributed by atoms with van der Waals surface area (Å²) in [5.41, 5.74) is 0.00306. The molecule has 1 fully saturated rings. The molecule has 1 aliphatic carbocycles. The Morgan fingerprint density at radius 2 is 1.58 bits per heavy atom. The zero-order chi connectivity index (χ0) is 19.3. The van der Waals surface area contributed by atoms with Crippen LogP contribution in [-0.2, 0) is 19.1 Å². The summed E-state index contributed by atoms with van der Waals surface area (Å²) in [4.78, 5) is 36.3. The number of carboxylic acid groups (broad SMARTS) is 1. The highest BCUT2D eigenvalue weighted by atomic mass is 16.6. The van der Waals surface area contributed by atoms with Crippen molar-refractivity contribution in [1.29, 1.82) is 0 Å². The minimum absolute atomic E-state index is 0.228. The third kappa shape index (κ3) is 5.58.